The topological polar surface area (TPSA) is 34.1 Å². The van der Waals surface area contributed by atoms with Crippen molar-refractivity contribution in [3.05, 3.63) is 59.7 Å². The molecule has 0 aliphatic carbocycles. The van der Waals surface area contributed by atoms with Gasteiger partial charge in [0.05, 0.1) is 18.8 Å². The van der Waals surface area contributed by atoms with E-state index in [-0.39, 0.29) is 11.9 Å². The molecule has 4 heteroatoms. The van der Waals surface area contributed by atoms with Gasteiger partial charge in [-0.05, 0) is 31.7 Å². The Morgan fingerprint density at radius 1 is 1.32 bits per heavy atom. The monoisotopic (exact) mass is 260 g/mol. The van der Waals surface area contributed by atoms with E-state index in [1.54, 1.807) is 31.6 Å². The second-order valence-corrected chi connectivity index (χ2v) is 4.13. The number of pyridine rings is 1. The fraction of sp³-hybridized carbons (Fsp3) is 0.267. The summed E-state index contributed by atoms with van der Waals surface area (Å²) < 4.78 is 19.3. The molecule has 0 radical (unpaired) electrons. The predicted molar refractivity (Wildman–Crippen MR) is 72.7 cm³/mol. The minimum absolute atomic E-state index is 0.233. The number of hydrogen-bond donors (Lipinski definition) is 1. The summed E-state index contributed by atoms with van der Waals surface area (Å²) in [5, 5.41) is 3.11. The number of hydrogen-bond acceptors (Lipinski definition) is 3. The predicted octanol–water partition coefficient (Wildman–Crippen LogP) is 2.93. The van der Waals surface area contributed by atoms with Gasteiger partial charge in [0.2, 0.25) is 0 Å². The van der Waals surface area contributed by atoms with E-state index in [0.29, 0.717) is 17.9 Å². The molecule has 1 unspecified atom stereocenters. The molecule has 2 aromatic rings. The quantitative estimate of drug-likeness (QED) is 0.897. The third-order valence-corrected chi connectivity index (χ3v) is 2.88. The van der Waals surface area contributed by atoms with Gasteiger partial charge in [0, 0.05) is 11.8 Å². The summed E-state index contributed by atoms with van der Waals surface area (Å²) in [5.41, 5.74) is 1.47. The maximum Gasteiger partial charge on any atom is 0.137 e. The van der Waals surface area contributed by atoms with E-state index in [1.807, 2.05) is 19.1 Å². The smallest absolute Gasteiger partial charge is 0.137 e. The van der Waals surface area contributed by atoms with Crippen molar-refractivity contribution >= 4 is 0 Å². The van der Waals surface area contributed by atoms with E-state index >= 15 is 0 Å². The first kappa shape index (κ1) is 13.5. The number of rotatable bonds is 5. The van der Waals surface area contributed by atoms with Crippen LogP contribution in [0.5, 0.6) is 5.75 Å². The molecular formula is C15H17FN2O. The van der Waals surface area contributed by atoms with Crippen molar-refractivity contribution in [3.8, 4) is 5.75 Å². The first-order chi connectivity index (χ1) is 9.26. The Morgan fingerprint density at radius 3 is 2.79 bits per heavy atom. The van der Waals surface area contributed by atoms with Crippen LogP contribution in [0.25, 0.3) is 0 Å². The van der Waals surface area contributed by atoms with E-state index in [0.717, 1.165) is 5.56 Å². The van der Waals surface area contributed by atoms with Crippen molar-refractivity contribution in [1.82, 2.24) is 10.3 Å². The van der Waals surface area contributed by atoms with Crippen molar-refractivity contribution < 1.29 is 9.13 Å². The van der Waals surface area contributed by atoms with Crippen LogP contribution in [-0.2, 0) is 0 Å². The van der Waals surface area contributed by atoms with Crippen molar-refractivity contribution in [2.75, 3.05) is 13.7 Å². The zero-order chi connectivity index (χ0) is 13.7. The summed E-state index contributed by atoms with van der Waals surface area (Å²) in [5.74, 6) is 0.459. The molecule has 0 aliphatic rings. The van der Waals surface area contributed by atoms with Gasteiger partial charge in [0.15, 0.2) is 0 Å². The normalized spacial score (nSPS) is 12.2. The summed E-state index contributed by atoms with van der Waals surface area (Å²) in [6.45, 7) is 2.49. The minimum atomic E-state index is -0.242. The van der Waals surface area contributed by atoms with Crippen molar-refractivity contribution in [2.45, 2.75) is 13.0 Å². The summed E-state index contributed by atoms with van der Waals surface area (Å²) in [4.78, 5) is 4.14. The maximum absolute atomic E-state index is 13.9. The van der Waals surface area contributed by atoms with E-state index in [4.69, 9.17) is 4.74 Å². The van der Waals surface area contributed by atoms with Gasteiger partial charge in [0.25, 0.3) is 0 Å². The Morgan fingerprint density at radius 2 is 2.11 bits per heavy atom. The maximum atomic E-state index is 13.9. The lowest BCUT2D eigenvalue weighted by atomic mass is 10.00. The minimum Gasteiger partial charge on any atom is -0.492 e. The van der Waals surface area contributed by atoms with Crippen molar-refractivity contribution in [1.29, 1.82) is 0 Å². The zero-order valence-corrected chi connectivity index (χ0v) is 11.1. The molecule has 100 valence electrons. The number of ether oxygens (including phenoxy) is 1. The summed E-state index contributed by atoms with van der Waals surface area (Å²) >= 11 is 0. The molecule has 1 atom stereocenters. The number of aromatic nitrogens is 1. The van der Waals surface area contributed by atoms with Gasteiger partial charge in [-0.1, -0.05) is 18.2 Å². The van der Waals surface area contributed by atoms with Crippen molar-refractivity contribution in [3.63, 3.8) is 0 Å². The number of nitrogens with one attached hydrogen (secondary N) is 1. The molecule has 1 aromatic carbocycles. The van der Waals surface area contributed by atoms with Crippen LogP contribution in [0.3, 0.4) is 0 Å². The average molecular weight is 260 g/mol. The first-order valence-electron chi connectivity index (χ1n) is 6.25. The fourth-order valence-electron chi connectivity index (χ4n) is 2.05. The molecule has 1 aromatic heterocycles. The van der Waals surface area contributed by atoms with Gasteiger partial charge in [0.1, 0.15) is 11.6 Å². The molecule has 1 N–H and O–H groups in total. The Labute approximate surface area is 112 Å². The molecule has 0 aliphatic heterocycles. The average Bonchev–Trinajstić information content (AvgIpc) is 2.43. The fourth-order valence-corrected chi connectivity index (χ4v) is 2.05. The molecule has 1 heterocycles. The molecule has 3 nitrogen and oxygen atoms in total. The van der Waals surface area contributed by atoms with E-state index in [9.17, 15) is 4.39 Å². The third-order valence-electron chi connectivity index (χ3n) is 2.88. The molecule has 0 amide bonds. The van der Waals surface area contributed by atoms with Gasteiger partial charge in [-0.3, -0.25) is 4.98 Å². The Bertz CT molecular complexity index is 545. The lowest BCUT2D eigenvalue weighted by molar-refractivity contribution is 0.338. The zero-order valence-electron chi connectivity index (χ0n) is 11.1. The molecule has 0 fully saturated rings. The molecule has 0 spiro atoms. The third kappa shape index (κ3) is 3.09. The van der Waals surface area contributed by atoms with Crippen LogP contribution in [-0.4, -0.2) is 18.6 Å². The van der Waals surface area contributed by atoms with Crippen LogP contribution in [0, 0.1) is 5.82 Å². The Balaban J connectivity index is 2.37. The molecular weight excluding hydrogens is 243 g/mol. The Hall–Kier alpha value is -1.94. The van der Waals surface area contributed by atoms with E-state index < -0.39 is 0 Å². The van der Waals surface area contributed by atoms with Crippen LogP contribution in [0.15, 0.2) is 42.7 Å². The number of benzene rings is 1. The van der Waals surface area contributed by atoms with Gasteiger partial charge in [-0.2, -0.15) is 0 Å². The first-order valence-corrected chi connectivity index (χ1v) is 6.25. The number of halogens is 1. The highest BCUT2D eigenvalue weighted by Crippen LogP contribution is 2.25. The summed E-state index contributed by atoms with van der Waals surface area (Å²) in [6.07, 6.45) is 3.37. The SMILES string of the molecule is CCOc1cncc(C(NC)c2ccccc2F)c1. The largest absolute Gasteiger partial charge is 0.492 e. The van der Waals surface area contributed by atoms with Crippen LogP contribution < -0.4 is 10.1 Å². The van der Waals surface area contributed by atoms with Crippen LogP contribution in [0.1, 0.15) is 24.1 Å². The van der Waals surface area contributed by atoms with E-state index in [2.05, 4.69) is 10.3 Å². The number of nitrogens with zero attached hydrogens (tertiary/aromatic N) is 1. The highest BCUT2D eigenvalue weighted by atomic mass is 19.1. The lowest BCUT2D eigenvalue weighted by Gasteiger charge is -2.18. The highest BCUT2D eigenvalue weighted by molar-refractivity contribution is 5.34. The second-order valence-electron chi connectivity index (χ2n) is 4.13. The van der Waals surface area contributed by atoms with Gasteiger partial charge in [-0.15, -0.1) is 0 Å². The summed E-state index contributed by atoms with van der Waals surface area (Å²) in [7, 11) is 1.80. The van der Waals surface area contributed by atoms with E-state index in [1.165, 1.54) is 6.07 Å². The Kier molecular flexibility index (Phi) is 4.47. The standard InChI is InChI=1S/C15H17FN2O/c1-3-19-12-8-11(9-18-10-12)15(17-2)13-6-4-5-7-14(13)16/h4-10,15,17H,3H2,1-2H3. The van der Waals surface area contributed by atoms with Gasteiger partial charge < -0.3 is 10.1 Å². The van der Waals surface area contributed by atoms with Crippen LogP contribution in [0.2, 0.25) is 0 Å². The van der Waals surface area contributed by atoms with Crippen molar-refractivity contribution in [2.24, 2.45) is 0 Å². The lowest BCUT2D eigenvalue weighted by Crippen LogP contribution is -2.19. The van der Waals surface area contributed by atoms with Gasteiger partial charge >= 0.3 is 0 Å². The van der Waals surface area contributed by atoms with Crippen LogP contribution >= 0.6 is 0 Å². The van der Waals surface area contributed by atoms with Crippen LogP contribution in [0.4, 0.5) is 4.39 Å². The molecule has 2 rings (SSSR count). The highest BCUT2D eigenvalue weighted by Gasteiger charge is 2.16. The van der Waals surface area contributed by atoms with Gasteiger partial charge in [-0.25, -0.2) is 4.39 Å². The molecule has 0 saturated heterocycles. The second kappa shape index (κ2) is 6.29. The molecule has 19 heavy (non-hydrogen) atoms. The molecule has 0 saturated carbocycles. The summed E-state index contributed by atoms with van der Waals surface area (Å²) in [6, 6.07) is 8.37. The molecule has 0 bridgehead atoms.